The monoisotopic (exact) mass is 282 g/mol. The zero-order chi connectivity index (χ0) is 15.2. The number of nitrogens with zero attached hydrogens (tertiary/aromatic N) is 1. The van der Waals surface area contributed by atoms with E-state index >= 15 is 0 Å². The number of nitrogens with one attached hydrogen (secondary N) is 1. The summed E-state index contributed by atoms with van der Waals surface area (Å²) in [5, 5.41) is 3.66. The van der Waals surface area contributed by atoms with Gasteiger partial charge in [-0.05, 0) is 38.0 Å². The third kappa shape index (κ3) is 5.08. The second-order valence-corrected chi connectivity index (χ2v) is 7.13. The average molecular weight is 282 g/mol. The third-order valence-electron chi connectivity index (χ3n) is 4.74. The second kappa shape index (κ2) is 8.02. The van der Waals surface area contributed by atoms with Gasteiger partial charge in [-0.25, -0.2) is 0 Å². The van der Waals surface area contributed by atoms with Crippen LogP contribution >= 0.6 is 0 Å². The van der Waals surface area contributed by atoms with Gasteiger partial charge in [-0.2, -0.15) is 0 Å². The normalized spacial score (nSPS) is 23.6. The van der Waals surface area contributed by atoms with E-state index in [9.17, 15) is 4.79 Å². The van der Waals surface area contributed by atoms with Crippen molar-refractivity contribution in [2.45, 2.75) is 72.8 Å². The van der Waals surface area contributed by atoms with E-state index in [4.69, 9.17) is 0 Å². The number of carbonyl (C=O) groups is 1. The number of carbonyl (C=O) groups excluding carboxylic acids is 1. The molecular weight excluding hydrogens is 248 g/mol. The van der Waals surface area contributed by atoms with Gasteiger partial charge in [-0.15, -0.1) is 0 Å². The summed E-state index contributed by atoms with van der Waals surface area (Å²) in [5.41, 5.74) is 0.362. The summed E-state index contributed by atoms with van der Waals surface area (Å²) in [7, 11) is 0. The summed E-state index contributed by atoms with van der Waals surface area (Å²) >= 11 is 0. The lowest BCUT2D eigenvalue weighted by atomic mass is 9.69. The predicted molar refractivity (Wildman–Crippen MR) is 85.7 cm³/mol. The first-order valence-electron chi connectivity index (χ1n) is 8.41. The molecule has 0 saturated heterocycles. The van der Waals surface area contributed by atoms with E-state index in [0.717, 1.165) is 25.6 Å². The summed E-state index contributed by atoms with van der Waals surface area (Å²) in [6.07, 6.45) is 5.91. The molecule has 0 aromatic heterocycles. The Balaban J connectivity index is 2.41. The summed E-state index contributed by atoms with van der Waals surface area (Å²) in [6, 6.07) is 0.591. The van der Waals surface area contributed by atoms with Crippen LogP contribution in [0.5, 0.6) is 0 Å². The Bertz CT molecular complexity index is 292. The van der Waals surface area contributed by atoms with Crippen LogP contribution in [0, 0.1) is 11.3 Å². The first kappa shape index (κ1) is 17.5. The Morgan fingerprint density at radius 1 is 1.15 bits per heavy atom. The molecule has 1 amide bonds. The van der Waals surface area contributed by atoms with Crippen LogP contribution in [0.4, 0.5) is 0 Å². The second-order valence-electron chi connectivity index (χ2n) is 7.13. The topological polar surface area (TPSA) is 32.3 Å². The van der Waals surface area contributed by atoms with Crippen LogP contribution < -0.4 is 5.32 Å². The Morgan fingerprint density at radius 3 is 2.30 bits per heavy atom. The van der Waals surface area contributed by atoms with Gasteiger partial charge in [0.1, 0.15) is 0 Å². The summed E-state index contributed by atoms with van der Waals surface area (Å²) in [5.74, 6) is 1.02. The molecule has 2 unspecified atom stereocenters. The van der Waals surface area contributed by atoms with Gasteiger partial charge in [0, 0.05) is 32.1 Å². The Morgan fingerprint density at radius 2 is 1.75 bits per heavy atom. The number of rotatable bonds is 6. The van der Waals surface area contributed by atoms with E-state index in [1.165, 1.54) is 25.7 Å². The number of hydrogen-bond donors (Lipinski definition) is 1. The molecule has 0 spiro atoms. The lowest BCUT2D eigenvalue weighted by molar-refractivity contribution is -0.130. The molecule has 1 aliphatic rings. The van der Waals surface area contributed by atoms with E-state index < -0.39 is 0 Å². The fraction of sp³-hybridized carbons (Fsp3) is 0.941. The van der Waals surface area contributed by atoms with Crippen molar-refractivity contribution in [3.8, 4) is 0 Å². The zero-order valence-corrected chi connectivity index (χ0v) is 14.2. The molecule has 2 atom stereocenters. The molecule has 3 nitrogen and oxygen atoms in total. The molecule has 0 heterocycles. The highest BCUT2D eigenvalue weighted by Gasteiger charge is 2.33. The van der Waals surface area contributed by atoms with Gasteiger partial charge in [-0.1, -0.05) is 33.6 Å². The van der Waals surface area contributed by atoms with Crippen LogP contribution in [-0.4, -0.2) is 36.5 Å². The quantitative estimate of drug-likeness (QED) is 0.809. The van der Waals surface area contributed by atoms with Gasteiger partial charge in [-0.3, -0.25) is 4.79 Å². The van der Waals surface area contributed by atoms with Crippen LogP contribution in [0.1, 0.15) is 66.7 Å². The maximum absolute atomic E-state index is 12.0. The Labute approximate surface area is 125 Å². The van der Waals surface area contributed by atoms with E-state index in [1.807, 2.05) is 18.7 Å². The van der Waals surface area contributed by atoms with Crippen molar-refractivity contribution in [2.75, 3.05) is 19.6 Å². The fourth-order valence-corrected chi connectivity index (χ4v) is 3.51. The van der Waals surface area contributed by atoms with Crippen molar-refractivity contribution in [1.82, 2.24) is 10.2 Å². The standard InChI is InChI=1S/C17H34N2O/c1-6-19(7-2)16(20)12-13-18-15-11-9-8-10-14(15)17(3,4)5/h14-15,18H,6-13H2,1-5H3. The van der Waals surface area contributed by atoms with E-state index in [0.29, 0.717) is 17.9 Å². The minimum atomic E-state index is 0.283. The largest absolute Gasteiger partial charge is 0.343 e. The van der Waals surface area contributed by atoms with Gasteiger partial charge in [0.2, 0.25) is 5.91 Å². The maximum atomic E-state index is 12.0. The molecular formula is C17H34N2O. The van der Waals surface area contributed by atoms with Crippen molar-refractivity contribution >= 4 is 5.91 Å². The smallest absolute Gasteiger partial charge is 0.223 e. The lowest BCUT2D eigenvalue weighted by Crippen LogP contribution is -2.45. The zero-order valence-electron chi connectivity index (χ0n) is 14.2. The third-order valence-corrected chi connectivity index (χ3v) is 4.74. The van der Waals surface area contributed by atoms with Crippen molar-refractivity contribution in [3.63, 3.8) is 0 Å². The van der Waals surface area contributed by atoms with Crippen molar-refractivity contribution in [2.24, 2.45) is 11.3 Å². The molecule has 0 aromatic carbocycles. The highest BCUT2D eigenvalue weighted by molar-refractivity contribution is 5.76. The van der Waals surface area contributed by atoms with Crippen LogP contribution in [0.2, 0.25) is 0 Å². The van der Waals surface area contributed by atoms with E-state index in [1.54, 1.807) is 0 Å². The fourth-order valence-electron chi connectivity index (χ4n) is 3.51. The molecule has 0 bridgehead atoms. The lowest BCUT2D eigenvalue weighted by Gasteiger charge is -2.41. The molecule has 0 aromatic rings. The van der Waals surface area contributed by atoms with Crippen molar-refractivity contribution in [3.05, 3.63) is 0 Å². The maximum Gasteiger partial charge on any atom is 0.223 e. The summed E-state index contributed by atoms with van der Waals surface area (Å²) < 4.78 is 0. The van der Waals surface area contributed by atoms with Crippen LogP contribution in [0.15, 0.2) is 0 Å². The van der Waals surface area contributed by atoms with Gasteiger partial charge in [0.25, 0.3) is 0 Å². The molecule has 1 aliphatic carbocycles. The first-order chi connectivity index (χ1) is 9.40. The predicted octanol–water partition coefficient (Wildman–Crippen LogP) is 3.44. The number of hydrogen-bond acceptors (Lipinski definition) is 2. The van der Waals surface area contributed by atoms with Gasteiger partial charge in [0.15, 0.2) is 0 Å². The minimum Gasteiger partial charge on any atom is -0.343 e. The highest BCUT2D eigenvalue weighted by Crippen LogP contribution is 2.37. The molecule has 20 heavy (non-hydrogen) atoms. The molecule has 1 saturated carbocycles. The minimum absolute atomic E-state index is 0.283. The van der Waals surface area contributed by atoms with Gasteiger partial charge in [0.05, 0.1) is 0 Å². The molecule has 0 radical (unpaired) electrons. The molecule has 1 rings (SSSR count). The average Bonchev–Trinajstić information content (AvgIpc) is 2.39. The van der Waals surface area contributed by atoms with Gasteiger partial charge < -0.3 is 10.2 Å². The van der Waals surface area contributed by atoms with Crippen molar-refractivity contribution in [1.29, 1.82) is 0 Å². The molecule has 1 fully saturated rings. The van der Waals surface area contributed by atoms with E-state index in [-0.39, 0.29) is 5.91 Å². The summed E-state index contributed by atoms with van der Waals surface area (Å²) in [6.45, 7) is 13.6. The first-order valence-corrected chi connectivity index (χ1v) is 8.41. The SMILES string of the molecule is CCN(CC)C(=O)CCNC1CCCCC1C(C)(C)C. The highest BCUT2D eigenvalue weighted by atomic mass is 16.2. The van der Waals surface area contributed by atoms with Crippen LogP contribution in [-0.2, 0) is 4.79 Å². The van der Waals surface area contributed by atoms with Crippen molar-refractivity contribution < 1.29 is 4.79 Å². The molecule has 0 aliphatic heterocycles. The Hall–Kier alpha value is -0.570. The Kier molecular flexibility index (Phi) is 7.01. The summed E-state index contributed by atoms with van der Waals surface area (Å²) in [4.78, 5) is 13.9. The number of amides is 1. The molecule has 3 heteroatoms. The molecule has 1 N–H and O–H groups in total. The molecule has 118 valence electrons. The van der Waals surface area contributed by atoms with Crippen LogP contribution in [0.25, 0.3) is 0 Å². The van der Waals surface area contributed by atoms with E-state index in [2.05, 4.69) is 26.1 Å². The van der Waals surface area contributed by atoms with Crippen LogP contribution in [0.3, 0.4) is 0 Å². The van der Waals surface area contributed by atoms with Gasteiger partial charge >= 0.3 is 0 Å².